The van der Waals surface area contributed by atoms with Crippen molar-refractivity contribution in [3.8, 4) is 0 Å². The minimum atomic E-state index is -0.749. The Hall–Kier alpha value is -3.48. The molecule has 0 aliphatic carbocycles. The predicted molar refractivity (Wildman–Crippen MR) is 120 cm³/mol. The van der Waals surface area contributed by atoms with Crippen LogP contribution in [0.25, 0.3) is 10.8 Å². The number of rotatable bonds is 6. The van der Waals surface area contributed by atoms with Gasteiger partial charge in [-0.25, -0.2) is 9.48 Å². The molecule has 2 aromatic carbocycles. The Labute approximate surface area is 181 Å². The van der Waals surface area contributed by atoms with Gasteiger partial charge in [-0.1, -0.05) is 49.7 Å². The van der Waals surface area contributed by atoms with E-state index in [1.807, 2.05) is 46.8 Å². The summed E-state index contributed by atoms with van der Waals surface area (Å²) in [6.45, 7) is 9.65. The highest BCUT2D eigenvalue weighted by Crippen LogP contribution is 2.22. The molecule has 3 aromatic rings. The van der Waals surface area contributed by atoms with Crippen molar-refractivity contribution in [3.05, 3.63) is 69.1 Å². The van der Waals surface area contributed by atoms with Crippen molar-refractivity contribution in [2.45, 2.75) is 41.2 Å². The summed E-state index contributed by atoms with van der Waals surface area (Å²) in [5.41, 5.74) is 3.45. The van der Waals surface area contributed by atoms with Crippen LogP contribution in [0.1, 0.15) is 41.0 Å². The molecule has 1 heterocycles. The summed E-state index contributed by atoms with van der Waals surface area (Å²) >= 11 is 0. The van der Waals surface area contributed by atoms with E-state index in [-0.39, 0.29) is 17.2 Å². The smallest absolute Gasteiger partial charge is 0.359 e. The van der Waals surface area contributed by atoms with Crippen LogP contribution < -0.4 is 10.9 Å². The molecule has 0 saturated carbocycles. The van der Waals surface area contributed by atoms with Crippen molar-refractivity contribution < 1.29 is 14.3 Å². The molecular weight excluding hydrogens is 394 g/mol. The minimum Gasteiger partial charge on any atom is -0.451 e. The third-order valence-electron chi connectivity index (χ3n) is 4.87. The van der Waals surface area contributed by atoms with Gasteiger partial charge in [0.25, 0.3) is 11.5 Å². The van der Waals surface area contributed by atoms with Gasteiger partial charge in [-0.3, -0.25) is 9.59 Å². The molecule has 0 fully saturated rings. The summed E-state index contributed by atoms with van der Waals surface area (Å²) in [5, 5.41) is 7.84. The average Bonchev–Trinajstić information content (AvgIpc) is 2.70. The van der Waals surface area contributed by atoms with Gasteiger partial charge in [0, 0.05) is 17.6 Å². The molecule has 0 aliphatic rings. The van der Waals surface area contributed by atoms with Crippen LogP contribution in [0.3, 0.4) is 0 Å². The fraction of sp³-hybridized carbons (Fsp3) is 0.333. The van der Waals surface area contributed by atoms with Gasteiger partial charge < -0.3 is 10.1 Å². The zero-order valence-corrected chi connectivity index (χ0v) is 18.5. The number of esters is 1. The molecule has 1 aromatic heterocycles. The maximum absolute atomic E-state index is 12.8. The van der Waals surface area contributed by atoms with E-state index in [0.717, 1.165) is 16.7 Å². The Kier molecular flexibility index (Phi) is 6.53. The molecule has 0 saturated heterocycles. The summed E-state index contributed by atoms with van der Waals surface area (Å²) in [7, 11) is 0. The third-order valence-corrected chi connectivity index (χ3v) is 4.87. The van der Waals surface area contributed by atoms with Gasteiger partial charge in [-0.15, -0.1) is 0 Å². The van der Waals surface area contributed by atoms with Gasteiger partial charge in [0.05, 0.1) is 5.39 Å². The highest BCUT2D eigenvalue weighted by molar-refractivity contribution is 6.03. The molecule has 0 atom stereocenters. The van der Waals surface area contributed by atoms with Crippen molar-refractivity contribution in [2.24, 2.45) is 5.92 Å². The Bertz CT molecular complexity index is 1190. The van der Waals surface area contributed by atoms with Crippen LogP contribution >= 0.6 is 0 Å². The number of carbonyl (C=O) groups excluding carboxylic acids is 2. The number of anilines is 1. The lowest BCUT2D eigenvalue weighted by Crippen LogP contribution is -2.29. The van der Waals surface area contributed by atoms with Crippen LogP contribution in [-0.4, -0.2) is 28.3 Å². The second kappa shape index (κ2) is 9.12. The topological polar surface area (TPSA) is 90.3 Å². The number of amides is 1. The van der Waals surface area contributed by atoms with Crippen molar-refractivity contribution in [3.63, 3.8) is 0 Å². The van der Waals surface area contributed by atoms with Crippen molar-refractivity contribution in [1.29, 1.82) is 0 Å². The molecule has 0 bridgehead atoms. The first-order valence-electron chi connectivity index (χ1n) is 10.2. The zero-order valence-electron chi connectivity index (χ0n) is 18.5. The van der Waals surface area contributed by atoms with Gasteiger partial charge in [0.15, 0.2) is 12.3 Å². The molecule has 162 valence electrons. The predicted octanol–water partition coefficient (Wildman–Crippen LogP) is 3.77. The van der Waals surface area contributed by atoms with Gasteiger partial charge in [0.1, 0.15) is 0 Å². The lowest BCUT2D eigenvalue weighted by atomic mass is 10.1. The molecular formula is C24H27N3O4. The molecule has 7 nitrogen and oxygen atoms in total. The Morgan fingerprint density at radius 1 is 1.06 bits per heavy atom. The van der Waals surface area contributed by atoms with E-state index in [1.165, 1.54) is 4.68 Å². The number of fused-ring (bicyclic) bond motifs is 1. The van der Waals surface area contributed by atoms with E-state index >= 15 is 0 Å². The number of hydrogen-bond donors (Lipinski definition) is 1. The lowest BCUT2D eigenvalue weighted by Gasteiger charge is -2.14. The van der Waals surface area contributed by atoms with E-state index in [0.29, 0.717) is 23.0 Å². The number of nitrogens with zero attached hydrogens (tertiary/aromatic N) is 2. The average molecular weight is 421 g/mol. The summed E-state index contributed by atoms with van der Waals surface area (Å²) in [6.07, 6.45) is 0. The van der Waals surface area contributed by atoms with E-state index in [4.69, 9.17) is 4.74 Å². The molecule has 0 radical (unpaired) electrons. The number of benzene rings is 2. The molecule has 0 spiro atoms. The minimum absolute atomic E-state index is 0.0198. The van der Waals surface area contributed by atoms with Crippen LogP contribution in [0.4, 0.5) is 5.69 Å². The number of ether oxygens (including phenoxy) is 1. The maximum atomic E-state index is 12.8. The third kappa shape index (κ3) is 4.99. The highest BCUT2D eigenvalue weighted by Gasteiger charge is 2.20. The van der Waals surface area contributed by atoms with Crippen LogP contribution in [-0.2, 0) is 16.1 Å². The fourth-order valence-corrected chi connectivity index (χ4v) is 3.61. The second-order valence-corrected chi connectivity index (χ2v) is 8.17. The molecule has 7 heteroatoms. The SMILES string of the molecule is Cc1cc(C)c(NC(=O)COC(=O)c2nn(CC(C)C)c(=O)c3ccccc23)c(C)c1. The van der Waals surface area contributed by atoms with Crippen LogP contribution in [0.5, 0.6) is 0 Å². The highest BCUT2D eigenvalue weighted by atomic mass is 16.5. The van der Waals surface area contributed by atoms with Gasteiger partial charge >= 0.3 is 5.97 Å². The number of carbonyl (C=O) groups is 2. The maximum Gasteiger partial charge on any atom is 0.359 e. The monoisotopic (exact) mass is 421 g/mol. The van der Waals surface area contributed by atoms with Crippen molar-refractivity contribution in [2.75, 3.05) is 11.9 Å². The summed E-state index contributed by atoms with van der Waals surface area (Å²) in [6, 6.07) is 10.7. The molecule has 31 heavy (non-hydrogen) atoms. The first-order valence-corrected chi connectivity index (χ1v) is 10.2. The van der Waals surface area contributed by atoms with Crippen LogP contribution in [0.2, 0.25) is 0 Å². The Morgan fingerprint density at radius 2 is 1.68 bits per heavy atom. The Morgan fingerprint density at radius 3 is 2.29 bits per heavy atom. The largest absolute Gasteiger partial charge is 0.451 e. The first kappa shape index (κ1) is 22.2. The van der Waals surface area contributed by atoms with Gasteiger partial charge in [-0.05, 0) is 43.9 Å². The Balaban J connectivity index is 1.81. The molecule has 0 aliphatic heterocycles. The van der Waals surface area contributed by atoms with Crippen LogP contribution in [0.15, 0.2) is 41.2 Å². The molecule has 1 amide bonds. The second-order valence-electron chi connectivity index (χ2n) is 8.17. The van der Waals surface area contributed by atoms with E-state index < -0.39 is 18.5 Å². The normalized spacial score (nSPS) is 11.0. The molecule has 0 unspecified atom stereocenters. The summed E-state index contributed by atoms with van der Waals surface area (Å²) in [5.74, 6) is -1.02. The summed E-state index contributed by atoms with van der Waals surface area (Å²) < 4.78 is 6.53. The van der Waals surface area contributed by atoms with Crippen LogP contribution in [0, 0.1) is 26.7 Å². The molecule has 1 N–H and O–H groups in total. The number of nitrogens with one attached hydrogen (secondary N) is 1. The fourth-order valence-electron chi connectivity index (χ4n) is 3.61. The summed E-state index contributed by atoms with van der Waals surface area (Å²) in [4.78, 5) is 37.8. The number of aromatic nitrogens is 2. The van der Waals surface area contributed by atoms with E-state index in [1.54, 1.807) is 24.3 Å². The van der Waals surface area contributed by atoms with Crippen molar-refractivity contribution in [1.82, 2.24) is 9.78 Å². The van der Waals surface area contributed by atoms with E-state index in [2.05, 4.69) is 10.4 Å². The zero-order chi connectivity index (χ0) is 22.7. The first-order chi connectivity index (χ1) is 14.7. The van der Waals surface area contributed by atoms with Gasteiger partial charge in [-0.2, -0.15) is 5.10 Å². The number of aryl methyl sites for hydroxylation is 3. The lowest BCUT2D eigenvalue weighted by molar-refractivity contribution is -0.119. The number of hydrogen-bond acceptors (Lipinski definition) is 5. The molecule has 3 rings (SSSR count). The van der Waals surface area contributed by atoms with E-state index in [9.17, 15) is 14.4 Å². The van der Waals surface area contributed by atoms with Crippen molar-refractivity contribution >= 4 is 28.3 Å². The quantitative estimate of drug-likeness (QED) is 0.612. The van der Waals surface area contributed by atoms with Gasteiger partial charge in [0.2, 0.25) is 0 Å². The standard InChI is InChI=1S/C24H27N3O4/c1-14(2)12-27-23(29)19-9-7-6-8-18(19)22(26-27)24(30)31-13-20(28)25-21-16(4)10-15(3)11-17(21)5/h6-11,14H,12-13H2,1-5H3,(H,25,28).